The molecule has 106 valence electrons. The third kappa shape index (κ3) is 3.69. The van der Waals surface area contributed by atoms with E-state index in [0.717, 1.165) is 10.5 Å². The zero-order valence-corrected chi connectivity index (χ0v) is 12.4. The summed E-state index contributed by atoms with van der Waals surface area (Å²) in [6.45, 7) is 1.24. The van der Waals surface area contributed by atoms with Gasteiger partial charge in [-0.3, -0.25) is 0 Å². The van der Waals surface area contributed by atoms with Crippen molar-refractivity contribution in [3.05, 3.63) is 39.6 Å². The minimum atomic E-state index is 0.126. The summed E-state index contributed by atoms with van der Waals surface area (Å²) in [5, 5.41) is 1.12. The average molecular weight is 314 g/mol. The lowest BCUT2D eigenvalue weighted by Gasteiger charge is -2.14. The van der Waals surface area contributed by atoms with Crippen LogP contribution in [-0.2, 0) is 13.1 Å². The first-order valence-corrected chi connectivity index (χ1v) is 6.71. The predicted molar refractivity (Wildman–Crippen MR) is 79.4 cm³/mol. The molecule has 2 rings (SSSR count). The molecule has 0 amide bonds. The van der Waals surface area contributed by atoms with E-state index in [4.69, 9.17) is 34.7 Å². The van der Waals surface area contributed by atoms with Gasteiger partial charge in [0.15, 0.2) is 5.82 Å². The van der Waals surface area contributed by atoms with Crippen molar-refractivity contribution in [2.75, 3.05) is 18.5 Å². The Morgan fingerprint density at radius 3 is 2.35 bits per heavy atom. The molecular weight excluding hydrogens is 299 g/mol. The highest BCUT2D eigenvalue weighted by molar-refractivity contribution is 6.42. The molecule has 0 aliphatic heterocycles. The zero-order valence-electron chi connectivity index (χ0n) is 10.9. The number of nitrogens with zero attached hydrogens (tertiary/aromatic N) is 3. The zero-order chi connectivity index (χ0) is 14.7. The van der Waals surface area contributed by atoms with Gasteiger partial charge in [-0.25, -0.2) is 0 Å². The molecule has 1 heterocycles. The molecule has 5 N–H and O–H groups in total. The van der Waals surface area contributed by atoms with Gasteiger partial charge < -0.3 is 16.4 Å². The number of quaternary nitrogens is 1. The first kappa shape index (κ1) is 14.8. The van der Waals surface area contributed by atoms with E-state index in [0.29, 0.717) is 29.0 Å². The summed E-state index contributed by atoms with van der Waals surface area (Å²) in [5.41, 5.74) is 12.0. The summed E-state index contributed by atoms with van der Waals surface area (Å²) in [6.07, 6.45) is 0. The third-order valence-electron chi connectivity index (χ3n) is 2.70. The van der Waals surface area contributed by atoms with E-state index < -0.39 is 0 Å². The van der Waals surface area contributed by atoms with Crippen LogP contribution in [0.2, 0.25) is 10.0 Å². The number of nitrogen functional groups attached to an aromatic ring is 2. The standard InChI is InChI=1S/C12H14Cl2N6/c1-20(5-7-3-2-4-8(13)10(7)14)6-9-17-11(15)19-12(16)18-9/h2-4H,5-6H2,1H3,(H4,15,16,17,18,19)/p+1. The van der Waals surface area contributed by atoms with Crippen LogP contribution in [0.5, 0.6) is 0 Å². The quantitative estimate of drug-likeness (QED) is 0.766. The molecule has 1 unspecified atom stereocenters. The highest BCUT2D eigenvalue weighted by Crippen LogP contribution is 2.24. The van der Waals surface area contributed by atoms with E-state index in [-0.39, 0.29) is 11.9 Å². The maximum Gasteiger partial charge on any atom is 0.225 e. The van der Waals surface area contributed by atoms with Gasteiger partial charge in [0, 0.05) is 5.56 Å². The molecule has 0 aliphatic carbocycles. The monoisotopic (exact) mass is 313 g/mol. The maximum absolute atomic E-state index is 6.16. The smallest absolute Gasteiger partial charge is 0.225 e. The number of rotatable bonds is 4. The van der Waals surface area contributed by atoms with Crippen LogP contribution in [0.4, 0.5) is 11.9 Å². The molecule has 0 spiro atoms. The number of nitrogens with one attached hydrogen (secondary N) is 1. The van der Waals surface area contributed by atoms with E-state index in [1.807, 2.05) is 19.2 Å². The van der Waals surface area contributed by atoms with Crippen LogP contribution in [0, 0.1) is 0 Å². The van der Waals surface area contributed by atoms with Crippen molar-refractivity contribution in [1.82, 2.24) is 15.0 Å². The highest BCUT2D eigenvalue weighted by atomic mass is 35.5. The van der Waals surface area contributed by atoms with Gasteiger partial charge in [-0.05, 0) is 6.07 Å². The topological polar surface area (TPSA) is 95.2 Å². The Labute approximate surface area is 126 Å². The lowest BCUT2D eigenvalue weighted by atomic mass is 10.2. The molecule has 20 heavy (non-hydrogen) atoms. The number of nitrogens with two attached hydrogens (primary N) is 2. The van der Waals surface area contributed by atoms with Crippen molar-refractivity contribution in [2.24, 2.45) is 0 Å². The van der Waals surface area contributed by atoms with E-state index in [1.54, 1.807) is 6.07 Å². The molecule has 1 aromatic heterocycles. The van der Waals surface area contributed by atoms with Crippen molar-refractivity contribution < 1.29 is 4.90 Å². The number of benzene rings is 1. The first-order chi connectivity index (χ1) is 9.45. The van der Waals surface area contributed by atoms with Crippen molar-refractivity contribution >= 4 is 35.1 Å². The number of anilines is 2. The van der Waals surface area contributed by atoms with Crippen LogP contribution < -0.4 is 16.4 Å². The van der Waals surface area contributed by atoms with Gasteiger partial charge in [-0.15, -0.1) is 0 Å². The van der Waals surface area contributed by atoms with Crippen LogP contribution in [-0.4, -0.2) is 22.0 Å². The normalized spacial score (nSPS) is 12.3. The second-order valence-corrected chi connectivity index (χ2v) is 5.28. The fourth-order valence-electron chi connectivity index (χ4n) is 1.88. The Morgan fingerprint density at radius 1 is 1.05 bits per heavy atom. The van der Waals surface area contributed by atoms with Crippen molar-refractivity contribution in [3.63, 3.8) is 0 Å². The van der Waals surface area contributed by atoms with Crippen LogP contribution in [0.25, 0.3) is 0 Å². The highest BCUT2D eigenvalue weighted by Gasteiger charge is 2.12. The van der Waals surface area contributed by atoms with Gasteiger partial charge in [0.2, 0.25) is 11.9 Å². The summed E-state index contributed by atoms with van der Waals surface area (Å²) < 4.78 is 0. The van der Waals surface area contributed by atoms with Gasteiger partial charge >= 0.3 is 0 Å². The van der Waals surface area contributed by atoms with E-state index in [9.17, 15) is 0 Å². The minimum absolute atomic E-state index is 0.126. The Kier molecular flexibility index (Phi) is 4.59. The SMILES string of the molecule is C[NH+](Cc1nc(N)nc(N)n1)Cc1cccc(Cl)c1Cl. The van der Waals surface area contributed by atoms with Crippen molar-refractivity contribution in [2.45, 2.75) is 13.1 Å². The molecule has 0 fully saturated rings. The summed E-state index contributed by atoms with van der Waals surface area (Å²) in [7, 11) is 1.99. The third-order valence-corrected chi connectivity index (χ3v) is 3.56. The van der Waals surface area contributed by atoms with Gasteiger partial charge in [0.25, 0.3) is 0 Å². The van der Waals surface area contributed by atoms with Crippen molar-refractivity contribution in [1.29, 1.82) is 0 Å². The summed E-state index contributed by atoms with van der Waals surface area (Å²) in [6, 6.07) is 5.57. The molecule has 2 aromatic rings. The molecule has 1 atom stereocenters. The number of aromatic nitrogens is 3. The first-order valence-electron chi connectivity index (χ1n) is 5.96. The Morgan fingerprint density at radius 2 is 1.70 bits per heavy atom. The Balaban J connectivity index is 2.09. The van der Waals surface area contributed by atoms with Crippen LogP contribution in [0.3, 0.4) is 0 Å². The fourth-order valence-corrected chi connectivity index (χ4v) is 2.27. The second-order valence-electron chi connectivity index (χ2n) is 4.49. The average Bonchev–Trinajstić information content (AvgIpc) is 2.33. The molecule has 6 nitrogen and oxygen atoms in total. The van der Waals surface area contributed by atoms with Gasteiger partial charge in [0.1, 0.15) is 13.1 Å². The van der Waals surface area contributed by atoms with Crippen molar-refractivity contribution in [3.8, 4) is 0 Å². The number of halogens is 2. The molecule has 8 heteroatoms. The van der Waals surface area contributed by atoms with E-state index in [1.165, 1.54) is 0 Å². The van der Waals surface area contributed by atoms with Crippen LogP contribution in [0.1, 0.15) is 11.4 Å². The Hall–Kier alpha value is -1.63. The Bertz CT molecular complexity index is 599. The number of hydrogen-bond acceptors (Lipinski definition) is 5. The molecule has 0 saturated carbocycles. The van der Waals surface area contributed by atoms with Crippen LogP contribution in [0.15, 0.2) is 18.2 Å². The van der Waals surface area contributed by atoms with Gasteiger partial charge in [-0.2, -0.15) is 15.0 Å². The maximum atomic E-state index is 6.16. The predicted octanol–water partition coefficient (Wildman–Crippen LogP) is 0.558. The van der Waals surface area contributed by atoms with Gasteiger partial charge in [-0.1, -0.05) is 35.3 Å². The van der Waals surface area contributed by atoms with Gasteiger partial charge in [0.05, 0.1) is 17.1 Å². The lowest BCUT2D eigenvalue weighted by Crippen LogP contribution is -3.06. The van der Waals surface area contributed by atoms with Crippen LogP contribution >= 0.6 is 23.2 Å². The minimum Gasteiger partial charge on any atom is -0.368 e. The summed E-state index contributed by atoms with van der Waals surface area (Å²) in [4.78, 5) is 13.0. The molecule has 0 radical (unpaired) electrons. The molecule has 0 bridgehead atoms. The molecule has 0 aliphatic rings. The fraction of sp³-hybridized carbons (Fsp3) is 0.250. The molecule has 0 saturated heterocycles. The van der Waals surface area contributed by atoms with E-state index >= 15 is 0 Å². The lowest BCUT2D eigenvalue weighted by molar-refractivity contribution is -0.908. The largest absolute Gasteiger partial charge is 0.368 e. The van der Waals surface area contributed by atoms with E-state index in [2.05, 4.69) is 15.0 Å². The summed E-state index contributed by atoms with van der Waals surface area (Å²) in [5.74, 6) is 0.799. The second kappa shape index (κ2) is 6.21. The number of hydrogen-bond donors (Lipinski definition) is 3. The summed E-state index contributed by atoms with van der Waals surface area (Å²) >= 11 is 12.2. The molecular formula is C12H15Cl2N6+. The molecule has 1 aromatic carbocycles.